The molecule has 0 aromatic heterocycles. The van der Waals surface area contributed by atoms with Crippen LogP contribution in [-0.4, -0.2) is 24.3 Å². The number of methoxy groups -OCH3 is 1. The number of hydrogen-bond donors (Lipinski definition) is 1. The first-order valence-electron chi connectivity index (χ1n) is 6.10. The Morgan fingerprint density at radius 1 is 1.50 bits per heavy atom. The van der Waals surface area contributed by atoms with E-state index in [0.29, 0.717) is 6.42 Å². The molecule has 3 heteroatoms. The van der Waals surface area contributed by atoms with E-state index >= 15 is 0 Å². The first kappa shape index (κ1) is 13.2. The molecule has 1 saturated carbocycles. The number of aliphatic hydroxyl groups excluding tert-OH is 1. The predicted molar refractivity (Wildman–Crippen MR) is 62.9 cm³/mol. The fourth-order valence-electron chi connectivity index (χ4n) is 2.32. The van der Waals surface area contributed by atoms with Gasteiger partial charge in [-0.25, -0.2) is 0 Å². The second-order valence-corrected chi connectivity index (χ2v) is 4.48. The lowest BCUT2D eigenvalue weighted by Gasteiger charge is -2.17. The van der Waals surface area contributed by atoms with Gasteiger partial charge in [0.1, 0.15) is 0 Å². The molecule has 0 aliphatic heterocycles. The van der Waals surface area contributed by atoms with E-state index in [0.717, 1.165) is 25.7 Å². The van der Waals surface area contributed by atoms with Gasteiger partial charge in [-0.1, -0.05) is 25.5 Å². The Morgan fingerprint density at radius 3 is 2.88 bits per heavy atom. The number of hydrogen-bond acceptors (Lipinski definition) is 3. The molecule has 0 spiro atoms. The topological polar surface area (TPSA) is 46.5 Å². The smallest absolute Gasteiger partial charge is 0.305 e. The third-order valence-electron chi connectivity index (χ3n) is 3.29. The summed E-state index contributed by atoms with van der Waals surface area (Å²) in [6.45, 7) is 2.13. The van der Waals surface area contributed by atoms with Crippen LogP contribution in [-0.2, 0) is 9.53 Å². The van der Waals surface area contributed by atoms with Crippen molar-refractivity contribution >= 4 is 5.97 Å². The number of unbranched alkanes of at least 4 members (excludes halogenated alkanes) is 1. The molecule has 0 aromatic carbocycles. The summed E-state index contributed by atoms with van der Waals surface area (Å²) < 4.78 is 4.68. The van der Waals surface area contributed by atoms with Crippen LogP contribution in [0.4, 0.5) is 0 Å². The van der Waals surface area contributed by atoms with Crippen molar-refractivity contribution in [2.75, 3.05) is 7.11 Å². The maximum absolute atomic E-state index is 11.2. The van der Waals surface area contributed by atoms with Gasteiger partial charge in [-0.05, 0) is 25.2 Å². The summed E-state index contributed by atoms with van der Waals surface area (Å²) in [7, 11) is 1.41. The van der Waals surface area contributed by atoms with E-state index in [1.807, 2.05) is 0 Å². The summed E-state index contributed by atoms with van der Waals surface area (Å²) in [6.07, 6.45) is 8.19. The largest absolute Gasteiger partial charge is 0.469 e. The molecule has 3 nitrogen and oxygen atoms in total. The van der Waals surface area contributed by atoms with Crippen LogP contribution in [0, 0.1) is 11.8 Å². The molecule has 0 aromatic rings. The minimum atomic E-state index is -0.289. The quantitative estimate of drug-likeness (QED) is 0.578. The van der Waals surface area contributed by atoms with Gasteiger partial charge in [0.05, 0.1) is 13.2 Å². The summed E-state index contributed by atoms with van der Waals surface area (Å²) in [6, 6.07) is 0. The third kappa shape index (κ3) is 3.63. The monoisotopic (exact) mass is 226 g/mol. The summed E-state index contributed by atoms with van der Waals surface area (Å²) >= 11 is 0. The van der Waals surface area contributed by atoms with Crippen LogP contribution < -0.4 is 0 Å². The number of ether oxygens (including phenoxy) is 1. The third-order valence-corrected chi connectivity index (χ3v) is 3.29. The Balaban J connectivity index is 2.52. The molecular formula is C13H22O3. The van der Waals surface area contributed by atoms with Crippen LogP contribution >= 0.6 is 0 Å². The number of esters is 1. The van der Waals surface area contributed by atoms with Crippen LogP contribution in [0.15, 0.2) is 12.2 Å². The fraction of sp³-hybridized carbons (Fsp3) is 0.769. The van der Waals surface area contributed by atoms with Gasteiger partial charge in [-0.3, -0.25) is 4.79 Å². The lowest BCUT2D eigenvalue weighted by atomic mass is 9.91. The van der Waals surface area contributed by atoms with E-state index in [1.165, 1.54) is 7.11 Å². The Kier molecular flexibility index (Phi) is 5.53. The van der Waals surface area contributed by atoms with E-state index in [1.54, 1.807) is 0 Å². The zero-order valence-corrected chi connectivity index (χ0v) is 10.2. The van der Waals surface area contributed by atoms with E-state index in [4.69, 9.17) is 0 Å². The number of carbonyl (C=O) groups excluding carboxylic acids is 1. The molecular weight excluding hydrogens is 204 g/mol. The van der Waals surface area contributed by atoms with Crippen LogP contribution in [0.1, 0.15) is 39.0 Å². The Morgan fingerprint density at radius 2 is 2.25 bits per heavy atom. The highest BCUT2D eigenvalue weighted by molar-refractivity contribution is 5.69. The van der Waals surface area contributed by atoms with E-state index in [2.05, 4.69) is 23.8 Å². The van der Waals surface area contributed by atoms with Gasteiger partial charge in [0.2, 0.25) is 0 Å². The van der Waals surface area contributed by atoms with E-state index in [-0.39, 0.29) is 23.9 Å². The summed E-state index contributed by atoms with van der Waals surface area (Å²) in [5, 5.41) is 9.84. The van der Waals surface area contributed by atoms with Crippen molar-refractivity contribution < 1.29 is 14.6 Å². The molecule has 0 bridgehead atoms. The molecule has 1 aliphatic rings. The summed E-state index contributed by atoms with van der Waals surface area (Å²) in [5.41, 5.74) is 0. The van der Waals surface area contributed by atoms with Crippen LogP contribution in [0.5, 0.6) is 0 Å². The van der Waals surface area contributed by atoms with Crippen molar-refractivity contribution in [3.63, 3.8) is 0 Å². The molecule has 3 atom stereocenters. The van der Waals surface area contributed by atoms with Crippen molar-refractivity contribution in [3.8, 4) is 0 Å². The molecule has 1 N–H and O–H groups in total. The van der Waals surface area contributed by atoms with Crippen molar-refractivity contribution in [2.24, 2.45) is 11.8 Å². The molecule has 16 heavy (non-hydrogen) atoms. The molecule has 0 radical (unpaired) electrons. The predicted octanol–water partition coefficient (Wildman–Crippen LogP) is 2.29. The lowest BCUT2D eigenvalue weighted by molar-refractivity contribution is -0.141. The van der Waals surface area contributed by atoms with E-state index in [9.17, 15) is 9.90 Å². The molecule has 92 valence electrons. The molecule has 0 amide bonds. The maximum Gasteiger partial charge on any atom is 0.305 e. The normalized spacial score (nSPS) is 29.8. The van der Waals surface area contributed by atoms with Gasteiger partial charge in [0, 0.05) is 12.3 Å². The van der Waals surface area contributed by atoms with Gasteiger partial charge in [0.25, 0.3) is 0 Å². The van der Waals surface area contributed by atoms with Crippen molar-refractivity contribution in [1.82, 2.24) is 0 Å². The van der Waals surface area contributed by atoms with Gasteiger partial charge >= 0.3 is 5.97 Å². The Labute approximate surface area is 97.5 Å². The number of carbonyl (C=O) groups is 1. The molecule has 0 saturated heterocycles. The van der Waals surface area contributed by atoms with Crippen molar-refractivity contribution in [1.29, 1.82) is 0 Å². The van der Waals surface area contributed by atoms with Gasteiger partial charge < -0.3 is 9.84 Å². The zero-order chi connectivity index (χ0) is 12.0. The first-order chi connectivity index (χ1) is 7.69. The second-order valence-electron chi connectivity index (χ2n) is 4.48. The van der Waals surface area contributed by atoms with Gasteiger partial charge in [0.15, 0.2) is 0 Å². The highest BCUT2D eigenvalue weighted by Gasteiger charge is 2.34. The SMILES string of the molecule is CCCC=CC1C(O)CCC1CC(=O)OC. The molecule has 3 unspecified atom stereocenters. The van der Waals surface area contributed by atoms with Crippen LogP contribution in [0.3, 0.4) is 0 Å². The average molecular weight is 226 g/mol. The second kappa shape index (κ2) is 6.69. The fourth-order valence-corrected chi connectivity index (χ4v) is 2.32. The Hall–Kier alpha value is -0.830. The molecule has 1 fully saturated rings. The van der Waals surface area contributed by atoms with Crippen molar-refractivity contribution in [3.05, 3.63) is 12.2 Å². The highest BCUT2D eigenvalue weighted by Crippen LogP contribution is 2.35. The van der Waals surface area contributed by atoms with Crippen molar-refractivity contribution in [2.45, 2.75) is 45.1 Å². The molecule has 0 heterocycles. The van der Waals surface area contributed by atoms with Gasteiger partial charge in [-0.15, -0.1) is 0 Å². The lowest BCUT2D eigenvalue weighted by Crippen LogP contribution is -2.19. The first-order valence-corrected chi connectivity index (χ1v) is 6.10. The van der Waals surface area contributed by atoms with Gasteiger partial charge in [-0.2, -0.15) is 0 Å². The number of aliphatic hydroxyl groups is 1. The summed E-state index contributed by atoms with van der Waals surface area (Å²) in [5.74, 6) is 0.203. The molecule has 1 aliphatic carbocycles. The zero-order valence-electron chi connectivity index (χ0n) is 10.2. The van der Waals surface area contributed by atoms with E-state index < -0.39 is 0 Å². The van der Waals surface area contributed by atoms with Crippen LogP contribution in [0.25, 0.3) is 0 Å². The average Bonchev–Trinajstić information content (AvgIpc) is 2.61. The van der Waals surface area contributed by atoms with Crippen LogP contribution in [0.2, 0.25) is 0 Å². The minimum Gasteiger partial charge on any atom is -0.469 e. The number of allylic oxidation sites excluding steroid dienone is 1. The maximum atomic E-state index is 11.2. The summed E-state index contributed by atoms with van der Waals surface area (Å²) in [4.78, 5) is 11.2. The minimum absolute atomic E-state index is 0.130. The molecule has 1 rings (SSSR count). The Bertz CT molecular complexity index is 248. The standard InChI is InChI=1S/C13H22O3/c1-3-4-5-6-11-10(7-8-12(11)14)9-13(15)16-2/h5-6,10-12,14H,3-4,7-9H2,1-2H3. The number of rotatable bonds is 5. The highest BCUT2D eigenvalue weighted by atomic mass is 16.5.